The van der Waals surface area contributed by atoms with Crippen LogP contribution in [0.5, 0.6) is 0 Å². The van der Waals surface area contributed by atoms with E-state index in [-0.39, 0.29) is 35.9 Å². The molecule has 0 spiro atoms. The topological polar surface area (TPSA) is 72.5 Å². The highest BCUT2D eigenvalue weighted by Crippen LogP contribution is 2.23. The maximum absolute atomic E-state index is 12.0. The van der Waals surface area contributed by atoms with E-state index in [0.717, 1.165) is 4.90 Å². The summed E-state index contributed by atoms with van der Waals surface area (Å²) in [4.78, 5) is 35.8. The highest BCUT2D eigenvalue weighted by Gasteiger charge is 2.16. The van der Waals surface area contributed by atoms with Crippen LogP contribution in [0.4, 0.5) is 5.69 Å². The lowest BCUT2D eigenvalue weighted by molar-refractivity contribution is -0.145. The summed E-state index contributed by atoms with van der Waals surface area (Å²) >= 11 is 1.33. The average Bonchev–Trinajstić information content (AvgIpc) is 2.43. The molecule has 1 N–H and O–H groups in total. The van der Waals surface area contributed by atoms with Gasteiger partial charge in [-0.2, -0.15) is 0 Å². The predicted molar refractivity (Wildman–Crippen MR) is 96.1 cm³/mol. The molecule has 0 atom stereocenters. The van der Waals surface area contributed by atoms with Gasteiger partial charge in [0.05, 0.1) is 12.4 Å². The molecule has 0 saturated heterocycles. The van der Waals surface area contributed by atoms with E-state index in [2.05, 4.69) is 5.32 Å². The summed E-state index contributed by atoms with van der Waals surface area (Å²) in [6.45, 7) is 8.00. The third-order valence-electron chi connectivity index (χ3n) is 2.86. The Morgan fingerprint density at radius 1 is 1.21 bits per heavy atom. The summed E-state index contributed by atoms with van der Waals surface area (Å²) < 4.78 is 4.75. The number of carbonyl (C=O) groups excluding carboxylic acids is 3. The van der Waals surface area contributed by atoms with Crippen LogP contribution in [-0.4, -0.2) is 30.0 Å². The number of amides is 1. The number of Topliss-reactive ketones (excluding diaryl/α,β-unsaturated/α-hetero) is 1. The summed E-state index contributed by atoms with van der Waals surface area (Å²) in [5.74, 6) is -0.520. The molecule has 0 aliphatic carbocycles. The molecule has 0 aliphatic rings. The lowest BCUT2D eigenvalue weighted by Gasteiger charge is -2.17. The first-order chi connectivity index (χ1) is 11.2. The molecule has 6 heteroatoms. The molecule has 0 radical (unpaired) electrons. The van der Waals surface area contributed by atoms with Crippen molar-refractivity contribution in [2.24, 2.45) is 5.41 Å². The maximum Gasteiger partial charge on any atom is 0.313 e. The second kappa shape index (κ2) is 9.47. The Kier molecular flexibility index (Phi) is 7.98. The molecular weight excluding hydrogens is 326 g/mol. The molecule has 0 aromatic heterocycles. The Bertz CT molecular complexity index is 593. The molecule has 1 amide bonds. The van der Waals surface area contributed by atoms with Crippen molar-refractivity contribution < 1.29 is 19.1 Å². The number of hydrogen-bond acceptors (Lipinski definition) is 5. The Hall–Kier alpha value is -1.82. The number of carbonyl (C=O) groups is 3. The monoisotopic (exact) mass is 351 g/mol. The highest BCUT2D eigenvalue weighted by atomic mass is 32.2. The van der Waals surface area contributed by atoms with E-state index in [1.54, 1.807) is 6.92 Å². The number of esters is 1. The van der Waals surface area contributed by atoms with Gasteiger partial charge in [-0.1, -0.05) is 26.8 Å². The van der Waals surface area contributed by atoms with Crippen molar-refractivity contribution in [1.29, 1.82) is 0 Å². The summed E-state index contributed by atoms with van der Waals surface area (Å²) in [6.07, 6.45) is 0.227. The Labute approximate surface area is 147 Å². The number of anilines is 1. The van der Waals surface area contributed by atoms with Gasteiger partial charge in [-0.05, 0) is 30.5 Å². The van der Waals surface area contributed by atoms with Gasteiger partial charge in [0.2, 0.25) is 5.91 Å². The van der Waals surface area contributed by atoms with Crippen LogP contribution in [0, 0.1) is 5.41 Å². The van der Waals surface area contributed by atoms with Gasteiger partial charge in [0, 0.05) is 17.0 Å². The van der Waals surface area contributed by atoms with E-state index in [9.17, 15) is 14.4 Å². The summed E-state index contributed by atoms with van der Waals surface area (Å²) in [5.41, 5.74) is 0.628. The fourth-order valence-electron chi connectivity index (χ4n) is 1.94. The molecular formula is C18H25NO4S. The second-order valence-electron chi connectivity index (χ2n) is 6.62. The quantitative estimate of drug-likeness (QED) is 0.439. The number of ketones is 1. The Morgan fingerprint density at radius 2 is 1.92 bits per heavy atom. The molecule has 0 bridgehead atoms. The van der Waals surface area contributed by atoms with Crippen LogP contribution in [0.1, 0.15) is 40.5 Å². The first kappa shape index (κ1) is 20.2. The molecule has 5 nitrogen and oxygen atoms in total. The normalized spacial score (nSPS) is 11.0. The first-order valence-electron chi connectivity index (χ1n) is 7.89. The molecule has 0 heterocycles. The van der Waals surface area contributed by atoms with Crippen LogP contribution in [0.25, 0.3) is 0 Å². The number of hydrogen-bond donors (Lipinski definition) is 1. The number of benzene rings is 1. The van der Waals surface area contributed by atoms with Crippen LogP contribution in [-0.2, 0) is 19.1 Å². The van der Waals surface area contributed by atoms with E-state index in [1.165, 1.54) is 11.8 Å². The van der Waals surface area contributed by atoms with Gasteiger partial charge in [0.25, 0.3) is 0 Å². The van der Waals surface area contributed by atoms with Crippen molar-refractivity contribution in [3.63, 3.8) is 0 Å². The largest absolute Gasteiger partial charge is 0.466 e. The zero-order chi connectivity index (χ0) is 18.2. The third kappa shape index (κ3) is 8.72. The predicted octanol–water partition coefficient (Wildman–Crippen LogP) is 3.68. The van der Waals surface area contributed by atoms with Crippen LogP contribution in [0.3, 0.4) is 0 Å². The lowest BCUT2D eigenvalue weighted by atomic mass is 9.92. The van der Waals surface area contributed by atoms with Crippen molar-refractivity contribution in [1.82, 2.24) is 0 Å². The van der Waals surface area contributed by atoms with Crippen molar-refractivity contribution in [2.45, 2.75) is 45.4 Å². The van der Waals surface area contributed by atoms with Crippen LogP contribution < -0.4 is 5.32 Å². The van der Waals surface area contributed by atoms with Gasteiger partial charge in [0.15, 0.2) is 5.78 Å². The SMILES string of the molecule is CCOC(=O)CC(=O)CSc1cccc(NC(=O)CC(C)(C)C)c1. The molecule has 1 aromatic rings. The minimum atomic E-state index is -0.494. The van der Waals surface area contributed by atoms with E-state index in [0.29, 0.717) is 12.1 Å². The van der Waals surface area contributed by atoms with E-state index < -0.39 is 5.97 Å². The fourth-order valence-corrected chi connectivity index (χ4v) is 2.75. The number of rotatable bonds is 8. The molecule has 0 aliphatic heterocycles. The van der Waals surface area contributed by atoms with Crippen molar-refractivity contribution in [3.05, 3.63) is 24.3 Å². The molecule has 0 fully saturated rings. The Balaban J connectivity index is 2.52. The summed E-state index contributed by atoms with van der Waals surface area (Å²) in [7, 11) is 0. The standard InChI is InChI=1S/C18H25NO4S/c1-5-23-17(22)10-14(20)12-24-15-8-6-7-13(9-15)19-16(21)11-18(2,3)4/h6-9H,5,10-12H2,1-4H3,(H,19,21). The van der Waals surface area contributed by atoms with E-state index in [1.807, 2.05) is 45.0 Å². The molecule has 132 valence electrons. The minimum Gasteiger partial charge on any atom is -0.466 e. The number of ether oxygens (including phenoxy) is 1. The lowest BCUT2D eigenvalue weighted by Crippen LogP contribution is -2.19. The van der Waals surface area contributed by atoms with E-state index in [4.69, 9.17) is 4.74 Å². The van der Waals surface area contributed by atoms with E-state index >= 15 is 0 Å². The van der Waals surface area contributed by atoms with Crippen LogP contribution in [0.15, 0.2) is 29.2 Å². The smallest absolute Gasteiger partial charge is 0.313 e. The van der Waals surface area contributed by atoms with Gasteiger partial charge in [-0.25, -0.2) is 0 Å². The number of nitrogens with one attached hydrogen (secondary N) is 1. The summed E-state index contributed by atoms with van der Waals surface area (Å²) in [6, 6.07) is 7.32. The van der Waals surface area contributed by atoms with Gasteiger partial charge >= 0.3 is 5.97 Å². The van der Waals surface area contributed by atoms with Gasteiger partial charge in [-0.3, -0.25) is 14.4 Å². The highest BCUT2D eigenvalue weighted by molar-refractivity contribution is 8.00. The third-order valence-corrected chi connectivity index (χ3v) is 3.91. The maximum atomic E-state index is 12.0. The number of thioether (sulfide) groups is 1. The molecule has 24 heavy (non-hydrogen) atoms. The van der Waals surface area contributed by atoms with Gasteiger partial charge in [0.1, 0.15) is 6.42 Å². The second-order valence-corrected chi connectivity index (χ2v) is 7.67. The van der Waals surface area contributed by atoms with Crippen molar-refractivity contribution in [2.75, 3.05) is 17.7 Å². The first-order valence-corrected chi connectivity index (χ1v) is 8.88. The van der Waals surface area contributed by atoms with Gasteiger partial charge in [-0.15, -0.1) is 11.8 Å². The molecule has 0 saturated carbocycles. The van der Waals surface area contributed by atoms with Crippen molar-refractivity contribution in [3.8, 4) is 0 Å². The van der Waals surface area contributed by atoms with Crippen LogP contribution >= 0.6 is 11.8 Å². The molecule has 1 rings (SSSR count). The van der Waals surface area contributed by atoms with Crippen LogP contribution in [0.2, 0.25) is 0 Å². The molecule has 1 aromatic carbocycles. The summed E-state index contributed by atoms with van der Waals surface area (Å²) in [5, 5.41) is 2.86. The zero-order valence-electron chi connectivity index (χ0n) is 14.7. The van der Waals surface area contributed by atoms with Gasteiger partial charge < -0.3 is 10.1 Å². The minimum absolute atomic E-state index is 0.0389. The zero-order valence-corrected chi connectivity index (χ0v) is 15.5. The average molecular weight is 351 g/mol. The Morgan fingerprint density at radius 3 is 2.54 bits per heavy atom. The fraction of sp³-hybridized carbons (Fsp3) is 0.500. The molecule has 0 unspecified atom stereocenters. The van der Waals surface area contributed by atoms with Crippen molar-refractivity contribution >= 4 is 35.1 Å².